The number of carbonyl (C=O) groups excluding carboxylic acids is 2. The minimum absolute atomic E-state index is 0.101. The minimum Gasteiger partial charge on any atom is -0.341 e. The van der Waals surface area contributed by atoms with E-state index in [4.69, 9.17) is 5.26 Å². The van der Waals surface area contributed by atoms with Crippen LogP contribution in [0.2, 0.25) is 0 Å². The average molecular weight is 269 g/mol. The van der Waals surface area contributed by atoms with Gasteiger partial charge in [-0.1, -0.05) is 18.2 Å². The van der Waals surface area contributed by atoms with Gasteiger partial charge in [-0.05, 0) is 19.1 Å². The maximum atomic E-state index is 12.0. The van der Waals surface area contributed by atoms with E-state index in [0.29, 0.717) is 5.56 Å². The van der Waals surface area contributed by atoms with Crippen molar-refractivity contribution < 1.29 is 9.59 Å². The van der Waals surface area contributed by atoms with Gasteiger partial charge in [-0.25, -0.2) is 0 Å². The summed E-state index contributed by atoms with van der Waals surface area (Å²) in [5, 5.41) is 13.5. The van der Waals surface area contributed by atoms with Crippen LogP contribution in [0.5, 0.6) is 0 Å². The molecule has 1 atom stereocenters. The first-order valence-electron chi connectivity index (χ1n) is 6.09. The van der Waals surface area contributed by atoms with Gasteiger partial charge in [0.05, 0.1) is 6.07 Å². The van der Waals surface area contributed by atoms with Crippen LogP contribution in [0.25, 0.3) is 0 Å². The molecule has 0 aromatic heterocycles. The Bertz CT molecular complexity index is 564. The Morgan fingerprint density at radius 1 is 1.30 bits per heavy atom. The lowest BCUT2D eigenvalue weighted by atomic mass is 10.1. The molecule has 0 aliphatic heterocycles. The van der Waals surface area contributed by atoms with Crippen LogP contribution >= 0.6 is 0 Å². The fourth-order valence-electron chi connectivity index (χ4n) is 1.49. The molecule has 5 heteroatoms. The van der Waals surface area contributed by atoms with Crippen LogP contribution in [0.3, 0.4) is 0 Å². The molecule has 0 fully saturated rings. The van der Waals surface area contributed by atoms with Crippen molar-refractivity contribution in [3.63, 3.8) is 0 Å². The summed E-state index contributed by atoms with van der Waals surface area (Å²) >= 11 is 0. The predicted octanol–water partition coefficient (Wildman–Crippen LogP) is 0.838. The highest BCUT2D eigenvalue weighted by Crippen LogP contribution is 2.00. The SMILES string of the molecule is CC#CCC(NC(=O)c1ccccc1)C(=O)NCC#N. The van der Waals surface area contributed by atoms with Crippen LogP contribution < -0.4 is 10.6 Å². The van der Waals surface area contributed by atoms with Gasteiger partial charge in [0.15, 0.2) is 0 Å². The Morgan fingerprint density at radius 3 is 2.60 bits per heavy atom. The summed E-state index contributed by atoms with van der Waals surface area (Å²) in [6.45, 7) is 1.55. The molecule has 0 aliphatic carbocycles. The van der Waals surface area contributed by atoms with E-state index in [0.717, 1.165) is 0 Å². The van der Waals surface area contributed by atoms with Crippen molar-refractivity contribution in [2.24, 2.45) is 0 Å². The first-order chi connectivity index (χ1) is 9.69. The Hall–Kier alpha value is -2.79. The number of nitrogens with zero attached hydrogens (tertiary/aromatic N) is 1. The lowest BCUT2D eigenvalue weighted by Gasteiger charge is -2.15. The van der Waals surface area contributed by atoms with E-state index in [2.05, 4.69) is 22.5 Å². The van der Waals surface area contributed by atoms with Gasteiger partial charge >= 0.3 is 0 Å². The van der Waals surface area contributed by atoms with Crippen LogP contribution in [0, 0.1) is 23.2 Å². The van der Waals surface area contributed by atoms with Crippen molar-refractivity contribution in [2.75, 3.05) is 6.54 Å². The van der Waals surface area contributed by atoms with Gasteiger partial charge in [0.2, 0.25) is 5.91 Å². The van der Waals surface area contributed by atoms with E-state index in [1.54, 1.807) is 37.3 Å². The van der Waals surface area contributed by atoms with Crippen LogP contribution in [0.4, 0.5) is 0 Å². The number of benzene rings is 1. The van der Waals surface area contributed by atoms with Gasteiger partial charge in [-0.2, -0.15) is 5.26 Å². The molecular weight excluding hydrogens is 254 g/mol. The molecule has 5 nitrogen and oxygen atoms in total. The molecule has 0 bridgehead atoms. The smallest absolute Gasteiger partial charge is 0.251 e. The number of nitrogens with one attached hydrogen (secondary N) is 2. The molecule has 1 aromatic rings. The monoisotopic (exact) mass is 269 g/mol. The van der Waals surface area contributed by atoms with Crippen LogP contribution in [0.15, 0.2) is 30.3 Å². The molecule has 1 unspecified atom stereocenters. The zero-order valence-electron chi connectivity index (χ0n) is 11.1. The van der Waals surface area contributed by atoms with Crippen molar-refractivity contribution in [3.05, 3.63) is 35.9 Å². The molecule has 1 rings (SSSR count). The molecule has 0 heterocycles. The standard InChI is InChI=1S/C15H15N3O2/c1-2-3-9-13(15(20)17-11-10-16)18-14(19)12-7-5-4-6-8-12/h4-8,13H,9,11H2,1H3,(H,17,20)(H,18,19). The molecule has 0 saturated carbocycles. The largest absolute Gasteiger partial charge is 0.341 e. The van der Waals surface area contributed by atoms with Gasteiger partial charge in [-0.15, -0.1) is 11.8 Å². The van der Waals surface area contributed by atoms with E-state index in [9.17, 15) is 9.59 Å². The second-order valence-corrected chi connectivity index (χ2v) is 3.90. The van der Waals surface area contributed by atoms with Crippen LogP contribution in [0.1, 0.15) is 23.7 Å². The van der Waals surface area contributed by atoms with E-state index in [-0.39, 0.29) is 18.9 Å². The summed E-state index contributed by atoms with van der Waals surface area (Å²) < 4.78 is 0. The quantitative estimate of drug-likeness (QED) is 0.614. The minimum atomic E-state index is -0.775. The number of nitriles is 1. The Labute approximate surface area is 118 Å². The van der Waals surface area contributed by atoms with E-state index >= 15 is 0 Å². The zero-order chi connectivity index (χ0) is 14.8. The molecule has 2 N–H and O–H groups in total. The number of carbonyl (C=O) groups is 2. The average Bonchev–Trinajstić information content (AvgIpc) is 2.49. The van der Waals surface area contributed by atoms with Crippen molar-refractivity contribution in [1.82, 2.24) is 10.6 Å². The molecule has 2 amide bonds. The first kappa shape index (κ1) is 15.3. The molecular formula is C15H15N3O2. The Balaban J connectivity index is 2.73. The summed E-state index contributed by atoms with van der Waals surface area (Å²) in [4.78, 5) is 23.8. The molecule has 0 saturated heterocycles. The topological polar surface area (TPSA) is 82.0 Å². The van der Waals surface area contributed by atoms with Gasteiger partial charge in [0.1, 0.15) is 12.6 Å². The molecule has 1 aromatic carbocycles. The molecule has 0 radical (unpaired) electrons. The highest BCUT2D eigenvalue weighted by Gasteiger charge is 2.20. The highest BCUT2D eigenvalue weighted by molar-refractivity contribution is 5.97. The number of rotatable bonds is 5. The van der Waals surface area contributed by atoms with Crippen molar-refractivity contribution in [1.29, 1.82) is 5.26 Å². The van der Waals surface area contributed by atoms with Gasteiger partial charge in [0.25, 0.3) is 5.91 Å². The van der Waals surface area contributed by atoms with Crippen molar-refractivity contribution in [3.8, 4) is 17.9 Å². The van der Waals surface area contributed by atoms with Gasteiger partial charge in [0, 0.05) is 12.0 Å². The van der Waals surface area contributed by atoms with Gasteiger partial charge in [-0.3, -0.25) is 9.59 Å². The highest BCUT2D eigenvalue weighted by atomic mass is 16.2. The molecule has 0 spiro atoms. The third-order valence-corrected chi connectivity index (χ3v) is 2.48. The number of hydrogen-bond donors (Lipinski definition) is 2. The molecule has 102 valence electrons. The van der Waals surface area contributed by atoms with Crippen molar-refractivity contribution >= 4 is 11.8 Å². The molecule has 0 aliphatic rings. The zero-order valence-corrected chi connectivity index (χ0v) is 11.1. The maximum absolute atomic E-state index is 12.0. The second-order valence-electron chi connectivity index (χ2n) is 3.90. The van der Waals surface area contributed by atoms with Gasteiger partial charge < -0.3 is 10.6 Å². The summed E-state index contributed by atoms with van der Waals surface area (Å²) in [6, 6.07) is 9.64. The first-order valence-corrected chi connectivity index (χ1v) is 6.09. The summed E-state index contributed by atoms with van der Waals surface area (Å²) in [6.07, 6.45) is 0.201. The summed E-state index contributed by atoms with van der Waals surface area (Å²) in [5.74, 6) is 4.67. The number of amides is 2. The maximum Gasteiger partial charge on any atom is 0.251 e. The van der Waals surface area contributed by atoms with E-state index in [1.807, 2.05) is 6.07 Å². The second kappa shape index (κ2) is 8.34. The Morgan fingerprint density at radius 2 is 2.00 bits per heavy atom. The lowest BCUT2D eigenvalue weighted by Crippen LogP contribution is -2.46. The lowest BCUT2D eigenvalue weighted by molar-refractivity contribution is -0.122. The van der Waals surface area contributed by atoms with E-state index < -0.39 is 11.9 Å². The third-order valence-electron chi connectivity index (χ3n) is 2.48. The Kier molecular flexibility index (Phi) is 6.36. The van der Waals surface area contributed by atoms with E-state index in [1.165, 1.54) is 0 Å². The summed E-state index contributed by atoms with van der Waals surface area (Å²) in [5.41, 5.74) is 0.468. The fraction of sp³-hybridized carbons (Fsp3) is 0.267. The predicted molar refractivity (Wildman–Crippen MR) is 74.4 cm³/mol. The van der Waals surface area contributed by atoms with Crippen molar-refractivity contribution in [2.45, 2.75) is 19.4 Å². The number of hydrogen-bond acceptors (Lipinski definition) is 3. The van der Waals surface area contributed by atoms with Crippen LogP contribution in [-0.4, -0.2) is 24.4 Å². The fourth-order valence-corrected chi connectivity index (χ4v) is 1.49. The summed E-state index contributed by atoms with van der Waals surface area (Å²) in [7, 11) is 0. The molecule has 20 heavy (non-hydrogen) atoms. The normalized spacial score (nSPS) is 10.4. The third kappa shape index (κ3) is 4.83. The van der Waals surface area contributed by atoms with Crippen LogP contribution in [-0.2, 0) is 4.79 Å².